The molecule has 2 rings (SSSR count). The lowest BCUT2D eigenvalue weighted by molar-refractivity contribution is 0.321. The van der Waals surface area contributed by atoms with E-state index in [4.69, 9.17) is 25.8 Å². The van der Waals surface area contributed by atoms with E-state index in [2.05, 4.69) is 0 Å². The van der Waals surface area contributed by atoms with Crippen molar-refractivity contribution in [1.29, 1.82) is 0 Å². The number of benzene rings is 1. The van der Waals surface area contributed by atoms with Gasteiger partial charge in [-0.15, -0.1) is 11.6 Å². The van der Waals surface area contributed by atoms with Crippen molar-refractivity contribution in [3.8, 4) is 17.2 Å². The first-order valence-electron chi connectivity index (χ1n) is 7.64. The first-order valence-corrected chi connectivity index (χ1v) is 8.07. The molecule has 0 N–H and O–H groups in total. The van der Waals surface area contributed by atoms with Crippen LogP contribution in [0.4, 0.5) is 0 Å². The molecule has 0 amide bonds. The molecule has 0 radical (unpaired) electrons. The van der Waals surface area contributed by atoms with Gasteiger partial charge >= 0.3 is 0 Å². The SMILES string of the molecule is COc1ccc(C(Cl)CCC2CCCC2)c(OC)c1OC. The Morgan fingerprint density at radius 1 is 1.05 bits per heavy atom. The van der Waals surface area contributed by atoms with Crippen molar-refractivity contribution < 1.29 is 14.2 Å². The van der Waals surface area contributed by atoms with E-state index in [0.717, 1.165) is 17.9 Å². The first-order chi connectivity index (χ1) is 10.2. The molecular formula is C17H25ClO3. The summed E-state index contributed by atoms with van der Waals surface area (Å²) in [4.78, 5) is 0. The molecule has 1 aromatic carbocycles. The van der Waals surface area contributed by atoms with E-state index in [1.807, 2.05) is 12.1 Å². The highest BCUT2D eigenvalue weighted by atomic mass is 35.5. The van der Waals surface area contributed by atoms with Crippen LogP contribution in [0.2, 0.25) is 0 Å². The largest absolute Gasteiger partial charge is 0.493 e. The van der Waals surface area contributed by atoms with Crippen LogP contribution >= 0.6 is 11.6 Å². The summed E-state index contributed by atoms with van der Waals surface area (Å²) in [5, 5.41) is -0.0552. The van der Waals surface area contributed by atoms with Crippen LogP contribution in [-0.2, 0) is 0 Å². The van der Waals surface area contributed by atoms with Gasteiger partial charge in [-0.2, -0.15) is 0 Å². The Balaban J connectivity index is 2.13. The van der Waals surface area contributed by atoms with Crippen molar-refractivity contribution in [1.82, 2.24) is 0 Å². The minimum Gasteiger partial charge on any atom is -0.493 e. The van der Waals surface area contributed by atoms with Crippen LogP contribution in [0, 0.1) is 5.92 Å². The molecule has 0 aromatic heterocycles. The molecule has 0 saturated heterocycles. The van der Waals surface area contributed by atoms with Crippen molar-refractivity contribution in [3.05, 3.63) is 17.7 Å². The van der Waals surface area contributed by atoms with Crippen LogP contribution in [0.5, 0.6) is 17.2 Å². The fraction of sp³-hybridized carbons (Fsp3) is 0.647. The highest BCUT2D eigenvalue weighted by Gasteiger charge is 2.22. The molecule has 1 unspecified atom stereocenters. The minimum absolute atomic E-state index is 0.0552. The van der Waals surface area contributed by atoms with Crippen LogP contribution in [0.1, 0.15) is 49.5 Å². The summed E-state index contributed by atoms with van der Waals surface area (Å²) in [5.74, 6) is 2.81. The van der Waals surface area contributed by atoms with E-state index in [0.29, 0.717) is 17.2 Å². The maximum atomic E-state index is 6.62. The van der Waals surface area contributed by atoms with Crippen LogP contribution < -0.4 is 14.2 Å². The smallest absolute Gasteiger partial charge is 0.203 e. The monoisotopic (exact) mass is 312 g/mol. The molecule has 3 nitrogen and oxygen atoms in total. The Bertz CT molecular complexity index is 456. The summed E-state index contributed by atoms with van der Waals surface area (Å²) < 4.78 is 16.2. The molecule has 4 heteroatoms. The summed E-state index contributed by atoms with van der Waals surface area (Å²) in [6.07, 6.45) is 7.61. The molecule has 21 heavy (non-hydrogen) atoms. The number of methoxy groups -OCH3 is 3. The third kappa shape index (κ3) is 3.76. The lowest BCUT2D eigenvalue weighted by Crippen LogP contribution is -2.02. The van der Waals surface area contributed by atoms with E-state index in [-0.39, 0.29) is 5.38 Å². The first kappa shape index (κ1) is 16.3. The second-order valence-corrected chi connectivity index (χ2v) is 6.15. The van der Waals surface area contributed by atoms with Gasteiger partial charge in [-0.25, -0.2) is 0 Å². The van der Waals surface area contributed by atoms with Crippen LogP contribution in [0.25, 0.3) is 0 Å². The van der Waals surface area contributed by atoms with Gasteiger partial charge < -0.3 is 14.2 Å². The highest BCUT2D eigenvalue weighted by molar-refractivity contribution is 6.21. The number of hydrogen-bond acceptors (Lipinski definition) is 3. The molecule has 1 aliphatic carbocycles. The Morgan fingerprint density at radius 3 is 2.29 bits per heavy atom. The number of halogens is 1. The maximum absolute atomic E-state index is 6.62. The maximum Gasteiger partial charge on any atom is 0.203 e. The third-order valence-electron chi connectivity index (χ3n) is 4.38. The van der Waals surface area contributed by atoms with Gasteiger partial charge in [-0.1, -0.05) is 25.7 Å². The van der Waals surface area contributed by atoms with Gasteiger partial charge in [0.05, 0.1) is 26.7 Å². The topological polar surface area (TPSA) is 27.7 Å². The fourth-order valence-electron chi connectivity index (χ4n) is 3.21. The standard InChI is InChI=1S/C17H25ClO3/c1-19-15-11-9-13(16(20-2)17(15)21-3)14(18)10-8-12-6-4-5-7-12/h9,11-12,14H,4-8,10H2,1-3H3. The van der Waals surface area contributed by atoms with Crippen LogP contribution in [0.3, 0.4) is 0 Å². The lowest BCUT2D eigenvalue weighted by Gasteiger charge is -2.19. The normalized spacial score (nSPS) is 16.8. The van der Waals surface area contributed by atoms with Crippen molar-refractivity contribution in [2.24, 2.45) is 5.92 Å². The summed E-state index contributed by atoms with van der Waals surface area (Å²) in [6.45, 7) is 0. The van der Waals surface area contributed by atoms with Gasteiger partial charge in [0.1, 0.15) is 0 Å². The average Bonchev–Trinajstić information content (AvgIpc) is 3.04. The zero-order valence-electron chi connectivity index (χ0n) is 13.2. The molecule has 0 spiro atoms. The fourth-order valence-corrected chi connectivity index (χ4v) is 3.51. The second-order valence-electron chi connectivity index (χ2n) is 5.62. The van der Waals surface area contributed by atoms with Crippen LogP contribution in [-0.4, -0.2) is 21.3 Å². The zero-order chi connectivity index (χ0) is 15.2. The molecule has 0 aliphatic heterocycles. The quantitative estimate of drug-likeness (QED) is 0.666. The van der Waals surface area contributed by atoms with Crippen molar-refractivity contribution in [3.63, 3.8) is 0 Å². The molecule has 1 aromatic rings. The summed E-state index contributed by atoms with van der Waals surface area (Å²) in [6, 6.07) is 3.87. The Hall–Kier alpha value is -1.09. The summed E-state index contributed by atoms with van der Waals surface area (Å²) in [5.41, 5.74) is 0.981. The van der Waals surface area contributed by atoms with Gasteiger partial charge in [-0.3, -0.25) is 0 Å². The van der Waals surface area contributed by atoms with Crippen LogP contribution in [0.15, 0.2) is 12.1 Å². The Kier molecular flexibility index (Phi) is 6.04. The van der Waals surface area contributed by atoms with Gasteiger partial charge in [0.15, 0.2) is 11.5 Å². The highest BCUT2D eigenvalue weighted by Crippen LogP contribution is 2.45. The molecule has 0 bridgehead atoms. The zero-order valence-corrected chi connectivity index (χ0v) is 13.9. The molecule has 1 saturated carbocycles. The third-order valence-corrected chi connectivity index (χ3v) is 4.83. The average molecular weight is 313 g/mol. The predicted molar refractivity (Wildman–Crippen MR) is 85.9 cm³/mol. The molecular weight excluding hydrogens is 288 g/mol. The van der Waals surface area contributed by atoms with Gasteiger partial charge in [0.25, 0.3) is 0 Å². The minimum atomic E-state index is -0.0552. The van der Waals surface area contributed by atoms with Gasteiger partial charge in [-0.05, 0) is 30.9 Å². The van der Waals surface area contributed by atoms with E-state index in [9.17, 15) is 0 Å². The summed E-state index contributed by atoms with van der Waals surface area (Å²) in [7, 11) is 4.88. The van der Waals surface area contributed by atoms with Crippen molar-refractivity contribution >= 4 is 11.6 Å². The van der Waals surface area contributed by atoms with Gasteiger partial charge in [0, 0.05) is 5.56 Å². The predicted octanol–water partition coefficient (Wildman–Crippen LogP) is 4.96. The van der Waals surface area contributed by atoms with E-state index < -0.39 is 0 Å². The number of alkyl halides is 1. The van der Waals surface area contributed by atoms with E-state index in [1.165, 1.54) is 32.1 Å². The Labute approximate surface area is 132 Å². The van der Waals surface area contributed by atoms with Crippen molar-refractivity contribution in [2.75, 3.05) is 21.3 Å². The number of rotatable bonds is 7. The lowest BCUT2D eigenvalue weighted by atomic mass is 9.97. The number of ether oxygens (including phenoxy) is 3. The number of hydrogen-bond donors (Lipinski definition) is 0. The van der Waals surface area contributed by atoms with Gasteiger partial charge in [0.2, 0.25) is 5.75 Å². The van der Waals surface area contributed by atoms with E-state index in [1.54, 1.807) is 21.3 Å². The van der Waals surface area contributed by atoms with Crippen molar-refractivity contribution in [2.45, 2.75) is 43.9 Å². The molecule has 1 atom stereocenters. The molecule has 1 fully saturated rings. The molecule has 0 heterocycles. The Morgan fingerprint density at radius 2 is 1.71 bits per heavy atom. The summed E-state index contributed by atoms with van der Waals surface area (Å²) >= 11 is 6.62. The molecule has 118 valence electrons. The molecule has 1 aliphatic rings. The second kappa shape index (κ2) is 7.79. The van der Waals surface area contributed by atoms with E-state index >= 15 is 0 Å².